The number of anilines is 2. The fourth-order valence-corrected chi connectivity index (χ4v) is 5.15. The van der Waals surface area contributed by atoms with Crippen LogP contribution in [0.25, 0.3) is 0 Å². The van der Waals surface area contributed by atoms with Gasteiger partial charge in [-0.15, -0.1) is 0 Å². The summed E-state index contributed by atoms with van der Waals surface area (Å²) in [6, 6.07) is 9.62. The van der Waals surface area contributed by atoms with E-state index in [1.54, 1.807) is 14.0 Å². The summed E-state index contributed by atoms with van der Waals surface area (Å²) in [4.78, 5) is -0.0120. The normalized spacial score (nSPS) is 12.0. The van der Waals surface area contributed by atoms with Crippen LogP contribution in [0.5, 0.6) is 0 Å². The molecule has 154 valence electrons. The number of nitrogens with zero attached hydrogens (tertiary/aromatic N) is 2. The zero-order valence-corrected chi connectivity index (χ0v) is 18.4. The molecular formula is C17H16Cl2N4O4S2. The van der Waals surface area contributed by atoms with Crippen LogP contribution in [-0.2, 0) is 27.1 Å². The van der Waals surface area contributed by atoms with Crippen LogP contribution in [0, 0.1) is 6.92 Å². The first-order valence-corrected chi connectivity index (χ1v) is 11.8. The van der Waals surface area contributed by atoms with Crippen LogP contribution in [0.4, 0.5) is 11.4 Å². The van der Waals surface area contributed by atoms with Crippen molar-refractivity contribution >= 4 is 54.6 Å². The van der Waals surface area contributed by atoms with Gasteiger partial charge in [-0.3, -0.25) is 14.1 Å². The molecule has 8 nitrogen and oxygen atoms in total. The van der Waals surface area contributed by atoms with E-state index in [1.807, 2.05) is 0 Å². The third-order valence-corrected chi connectivity index (χ3v) is 7.47. The third-order valence-electron chi connectivity index (χ3n) is 3.85. The highest BCUT2D eigenvalue weighted by atomic mass is 35.5. The van der Waals surface area contributed by atoms with Crippen LogP contribution < -0.4 is 9.44 Å². The summed E-state index contributed by atoms with van der Waals surface area (Å²) in [7, 11) is -6.14. The van der Waals surface area contributed by atoms with Gasteiger partial charge in [0.1, 0.15) is 4.90 Å². The maximum absolute atomic E-state index is 12.5. The van der Waals surface area contributed by atoms with Crippen LogP contribution in [0.15, 0.2) is 58.5 Å². The molecule has 0 aliphatic rings. The van der Waals surface area contributed by atoms with E-state index < -0.39 is 20.0 Å². The molecule has 0 fully saturated rings. The van der Waals surface area contributed by atoms with Gasteiger partial charge in [0.2, 0.25) is 0 Å². The van der Waals surface area contributed by atoms with Gasteiger partial charge in [0.15, 0.2) is 0 Å². The van der Waals surface area contributed by atoms with Crippen LogP contribution in [0.3, 0.4) is 0 Å². The van der Waals surface area contributed by atoms with Gasteiger partial charge in [-0.1, -0.05) is 23.2 Å². The Kier molecular flexibility index (Phi) is 5.81. The summed E-state index contributed by atoms with van der Waals surface area (Å²) < 4.78 is 56.2. The van der Waals surface area contributed by atoms with Crippen molar-refractivity contribution in [3.8, 4) is 0 Å². The lowest BCUT2D eigenvalue weighted by atomic mass is 10.3. The highest BCUT2D eigenvalue weighted by Gasteiger charge is 2.21. The van der Waals surface area contributed by atoms with Gasteiger partial charge in [-0.05, 0) is 49.4 Å². The molecule has 3 rings (SSSR count). The fraction of sp³-hybridized carbons (Fsp3) is 0.118. The third kappa shape index (κ3) is 4.84. The Morgan fingerprint density at radius 2 is 1.45 bits per heavy atom. The number of hydrogen-bond donors (Lipinski definition) is 2. The van der Waals surface area contributed by atoms with Gasteiger partial charge >= 0.3 is 0 Å². The molecule has 0 atom stereocenters. The number of aromatic nitrogens is 2. The lowest BCUT2D eigenvalue weighted by Gasteiger charge is -2.10. The van der Waals surface area contributed by atoms with Gasteiger partial charge in [-0.2, -0.15) is 5.10 Å². The standard InChI is InChI=1S/C17H16Cl2N4O4S2/c1-11-17(10-23(2)20-11)29(26,27)21-12-3-6-14(7-4-12)28(24,25)22-13-5-8-15(18)16(19)9-13/h3-10,21-22H,1-2H3. The number of aryl methyl sites for hydroxylation is 2. The first kappa shape index (κ1) is 21.4. The average Bonchev–Trinajstić information content (AvgIpc) is 2.97. The molecule has 2 aromatic carbocycles. The van der Waals surface area contributed by atoms with Crippen molar-refractivity contribution in [2.24, 2.45) is 7.05 Å². The van der Waals surface area contributed by atoms with Gasteiger partial charge < -0.3 is 0 Å². The number of hydrogen-bond acceptors (Lipinski definition) is 5. The largest absolute Gasteiger partial charge is 0.280 e. The lowest BCUT2D eigenvalue weighted by Crippen LogP contribution is -2.15. The Labute approximate surface area is 178 Å². The van der Waals surface area contributed by atoms with Gasteiger partial charge in [0.05, 0.1) is 26.3 Å². The van der Waals surface area contributed by atoms with E-state index >= 15 is 0 Å². The molecule has 0 spiro atoms. The molecule has 0 aliphatic heterocycles. The van der Waals surface area contributed by atoms with Crippen molar-refractivity contribution in [1.82, 2.24) is 9.78 Å². The number of halogens is 2. The van der Waals surface area contributed by atoms with Gasteiger partial charge in [0.25, 0.3) is 20.0 Å². The number of sulfonamides is 2. The molecule has 1 heterocycles. The summed E-state index contributed by atoms with van der Waals surface area (Å²) in [5.74, 6) is 0. The number of rotatable bonds is 6. The Balaban J connectivity index is 1.80. The predicted octanol–water partition coefficient (Wildman–Crippen LogP) is 3.64. The zero-order chi connectivity index (χ0) is 21.4. The van der Waals surface area contributed by atoms with E-state index in [0.717, 1.165) is 0 Å². The van der Waals surface area contributed by atoms with Crippen molar-refractivity contribution in [2.45, 2.75) is 16.7 Å². The van der Waals surface area contributed by atoms with E-state index in [2.05, 4.69) is 14.5 Å². The summed E-state index contributed by atoms with van der Waals surface area (Å²) >= 11 is 11.7. The molecule has 2 N–H and O–H groups in total. The maximum Gasteiger partial charge on any atom is 0.265 e. The van der Waals surface area contributed by atoms with Crippen molar-refractivity contribution in [1.29, 1.82) is 0 Å². The molecule has 0 radical (unpaired) electrons. The minimum Gasteiger partial charge on any atom is -0.280 e. The second kappa shape index (κ2) is 7.86. The molecule has 29 heavy (non-hydrogen) atoms. The number of benzene rings is 2. The molecule has 0 unspecified atom stereocenters. The second-order valence-electron chi connectivity index (χ2n) is 6.12. The van der Waals surface area contributed by atoms with Crippen molar-refractivity contribution in [2.75, 3.05) is 9.44 Å². The summed E-state index contributed by atoms with van der Waals surface area (Å²) in [6.07, 6.45) is 1.39. The summed E-state index contributed by atoms with van der Waals surface area (Å²) in [5.41, 5.74) is 0.808. The molecule has 0 aliphatic carbocycles. The van der Waals surface area contributed by atoms with Crippen molar-refractivity contribution < 1.29 is 16.8 Å². The minimum absolute atomic E-state index is 0.0398. The van der Waals surface area contributed by atoms with E-state index in [-0.39, 0.29) is 26.2 Å². The molecule has 0 saturated carbocycles. The molecule has 12 heteroatoms. The van der Waals surface area contributed by atoms with E-state index in [0.29, 0.717) is 10.7 Å². The summed E-state index contributed by atoms with van der Waals surface area (Å²) in [5, 5.41) is 4.52. The van der Waals surface area contributed by atoms with Crippen LogP contribution in [0.2, 0.25) is 10.0 Å². The first-order valence-electron chi connectivity index (χ1n) is 8.09. The Morgan fingerprint density at radius 1 is 0.862 bits per heavy atom. The Hall–Kier alpha value is -2.27. The Morgan fingerprint density at radius 3 is 2.00 bits per heavy atom. The highest BCUT2D eigenvalue weighted by Crippen LogP contribution is 2.27. The minimum atomic E-state index is -3.90. The van der Waals surface area contributed by atoms with E-state index in [4.69, 9.17) is 23.2 Å². The number of nitrogens with one attached hydrogen (secondary N) is 2. The molecule has 0 bridgehead atoms. The maximum atomic E-state index is 12.5. The monoisotopic (exact) mass is 474 g/mol. The van der Waals surface area contributed by atoms with Gasteiger partial charge in [-0.25, -0.2) is 16.8 Å². The molecular weight excluding hydrogens is 459 g/mol. The van der Waals surface area contributed by atoms with Crippen LogP contribution >= 0.6 is 23.2 Å². The second-order valence-corrected chi connectivity index (χ2v) is 10.3. The van der Waals surface area contributed by atoms with Gasteiger partial charge in [0, 0.05) is 18.9 Å². The molecule has 1 aromatic heterocycles. The zero-order valence-electron chi connectivity index (χ0n) is 15.2. The average molecular weight is 475 g/mol. The quantitative estimate of drug-likeness (QED) is 0.566. The topological polar surface area (TPSA) is 110 Å². The smallest absolute Gasteiger partial charge is 0.265 e. The van der Waals surface area contributed by atoms with Crippen LogP contribution in [-0.4, -0.2) is 26.6 Å². The van der Waals surface area contributed by atoms with Crippen LogP contribution in [0.1, 0.15) is 5.69 Å². The lowest BCUT2D eigenvalue weighted by molar-refractivity contribution is 0.599. The summed E-state index contributed by atoms with van der Waals surface area (Å²) in [6.45, 7) is 1.58. The highest BCUT2D eigenvalue weighted by molar-refractivity contribution is 7.93. The molecule has 3 aromatic rings. The fourth-order valence-electron chi connectivity index (χ4n) is 2.53. The molecule has 0 amide bonds. The SMILES string of the molecule is Cc1nn(C)cc1S(=O)(=O)Nc1ccc(S(=O)(=O)Nc2ccc(Cl)c(Cl)c2)cc1. The molecule has 0 saturated heterocycles. The van der Waals surface area contributed by atoms with E-state index in [9.17, 15) is 16.8 Å². The van der Waals surface area contributed by atoms with E-state index in [1.165, 1.54) is 53.3 Å². The van der Waals surface area contributed by atoms with Crippen molar-refractivity contribution in [3.63, 3.8) is 0 Å². The first-order chi connectivity index (χ1) is 13.5. The van der Waals surface area contributed by atoms with Crippen molar-refractivity contribution in [3.05, 3.63) is 64.4 Å². The predicted molar refractivity (Wildman–Crippen MR) is 112 cm³/mol. The Bertz CT molecular complexity index is 1270.